The van der Waals surface area contributed by atoms with Crippen molar-refractivity contribution in [1.29, 1.82) is 0 Å². The highest BCUT2D eigenvalue weighted by atomic mass is 16.6. The van der Waals surface area contributed by atoms with Crippen molar-refractivity contribution in [1.82, 2.24) is 24.4 Å². The van der Waals surface area contributed by atoms with Crippen molar-refractivity contribution in [3.8, 4) is 22.5 Å². The van der Waals surface area contributed by atoms with Crippen LogP contribution in [0.1, 0.15) is 25.3 Å². The molecule has 34 heavy (non-hydrogen) atoms. The Morgan fingerprint density at radius 3 is 2.76 bits per heavy atom. The molecule has 6 rings (SSSR count). The molecule has 10 heteroatoms. The average molecular weight is 460 g/mol. The van der Waals surface area contributed by atoms with Crippen LogP contribution in [0.25, 0.3) is 28.0 Å². The fraction of sp³-hybridized carbons (Fsp3) is 0.333. The normalized spacial score (nSPS) is 17.3. The summed E-state index contributed by atoms with van der Waals surface area (Å²) >= 11 is 0. The number of benzene rings is 1. The molecule has 1 aromatic carbocycles. The monoisotopic (exact) mass is 459 g/mol. The molecule has 2 fully saturated rings. The molecule has 2 aliphatic rings. The zero-order chi connectivity index (χ0) is 23.1. The van der Waals surface area contributed by atoms with Gasteiger partial charge in [-0.3, -0.25) is 9.58 Å². The summed E-state index contributed by atoms with van der Waals surface area (Å²) in [4.78, 5) is 18.2. The predicted molar refractivity (Wildman–Crippen MR) is 126 cm³/mol. The molecule has 0 aliphatic carbocycles. The molecule has 0 radical (unpaired) electrons. The van der Waals surface area contributed by atoms with Gasteiger partial charge in [0.25, 0.3) is 0 Å². The molecule has 2 N–H and O–H groups in total. The number of anilines is 2. The number of carbonyl (C=O) groups is 1. The lowest BCUT2D eigenvalue weighted by Gasteiger charge is -2.26. The van der Waals surface area contributed by atoms with Crippen LogP contribution in [0.15, 0.2) is 48.9 Å². The van der Waals surface area contributed by atoms with Crippen molar-refractivity contribution < 1.29 is 14.3 Å². The van der Waals surface area contributed by atoms with Gasteiger partial charge in [0, 0.05) is 42.8 Å². The Balaban J connectivity index is 1.48. The number of fused-ring (bicyclic) bond motifs is 1. The van der Waals surface area contributed by atoms with Crippen LogP contribution in [0.2, 0.25) is 0 Å². The molecule has 0 saturated carbocycles. The van der Waals surface area contributed by atoms with E-state index < -0.39 is 0 Å². The van der Waals surface area contributed by atoms with Crippen LogP contribution >= 0.6 is 0 Å². The first-order chi connectivity index (χ1) is 16.7. The highest BCUT2D eigenvalue weighted by Gasteiger charge is 2.25. The largest absolute Gasteiger partial charge is 0.449 e. The molecule has 174 valence electrons. The highest BCUT2D eigenvalue weighted by Crippen LogP contribution is 2.37. The Labute approximate surface area is 195 Å². The lowest BCUT2D eigenvalue weighted by Crippen LogP contribution is -2.37. The van der Waals surface area contributed by atoms with E-state index in [-0.39, 0.29) is 12.1 Å². The third kappa shape index (κ3) is 3.47. The molecule has 2 aliphatic heterocycles. The molecule has 3 aromatic heterocycles. The summed E-state index contributed by atoms with van der Waals surface area (Å²) in [6.07, 6.45) is 5.57. The minimum absolute atomic E-state index is 0.261. The number of cyclic esters (lactones) is 1. The lowest BCUT2D eigenvalue weighted by atomic mass is 10.1. The lowest BCUT2D eigenvalue weighted by molar-refractivity contribution is 0.0667. The van der Waals surface area contributed by atoms with Gasteiger partial charge in [0.1, 0.15) is 11.8 Å². The molecule has 5 heterocycles. The van der Waals surface area contributed by atoms with Gasteiger partial charge in [-0.25, -0.2) is 14.3 Å². The molecular weight excluding hydrogens is 434 g/mol. The number of aromatic nitrogens is 5. The third-order valence-corrected chi connectivity index (χ3v) is 6.49. The maximum Gasteiger partial charge on any atom is 0.414 e. The van der Waals surface area contributed by atoms with Crippen molar-refractivity contribution in [2.45, 2.75) is 25.3 Å². The molecule has 0 spiro atoms. The minimum atomic E-state index is -0.323. The molecule has 10 nitrogen and oxygen atoms in total. The summed E-state index contributed by atoms with van der Waals surface area (Å²) in [5, 5.41) is 9.15. The van der Waals surface area contributed by atoms with E-state index in [9.17, 15) is 4.79 Å². The summed E-state index contributed by atoms with van der Waals surface area (Å²) in [5.41, 5.74) is 11.5. The van der Waals surface area contributed by atoms with Crippen molar-refractivity contribution in [3.05, 3.63) is 48.9 Å². The average Bonchev–Trinajstić information content (AvgIpc) is 3.51. The van der Waals surface area contributed by atoms with Crippen LogP contribution in [0, 0.1) is 0 Å². The first kappa shape index (κ1) is 20.7. The second-order valence-electron chi connectivity index (χ2n) is 8.52. The second-order valence-corrected chi connectivity index (χ2v) is 8.52. The van der Waals surface area contributed by atoms with Gasteiger partial charge in [-0.05, 0) is 43.5 Å². The number of hydrogen-bond donors (Lipinski definition) is 1. The quantitative estimate of drug-likeness (QED) is 0.497. The van der Waals surface area contributed by atoms with Gasteiger partial charge < -0.3 is 15.2 Å². The van der Waals surface area contributed by atoms with Gasteiger partial charge in [-0.2, -0.15) is 10.2 Å². The van der Waals surface area contributed by atoms with E-state index in [4.69, 9.17) is 15.2 Å². The van der Waals surface area contributed by atoms with Crippen LogP contribution in [-0.4, -0.2) is 56.8 Å². The summed E-state index contributed by atoms with van der Waals surface area (Å²) in [7, 11) is 0. The number of carbonyl (C=O) groups excluding carboxylic acids is 1. The summed E-state index contributed by atoms with van der Waals surface area (Å²) in [6, 6.07) is 12.2. The van der Waals surface area contributed by atoms with E-state index in [1.807, 2.05) is 41.0 Å². The van der Waals surface area contributed by atoms with Crippen LogP contribution in [-0.2, 0) is 9.47 Å². The van der Waals surface area contributed by atoms with Crippen LogP contribution in [0.5, 0.6) is 0 Å². The Hall–Kier alpha value is -3.92. The molecule has 0 unspecified atom stereocenters. The van der Waals surface area contributed by atoms with Gasteiger partial charge in [0.2, 0.25) is 0 Å². The topological polar surface area (TPSA) is 113 Å². The third-order valence-electron chi connectivity index (χ3n) is 6.49. The van der Waals surface area contributed by atoms with Crippen molar-refractivity contribution >= 4 is 23.1 Å². The second kappa shape index (κ2) is 8.45. The first-order valence-electron chi connectivity index (χ1n) is 11.5. The van der Waals surface area contributed by atoms with E-state index >= 15 is 0 Å². The van der Waals surface area contributed by atoms with E-state index in [0.717, 1.165) is 66.2 Å². The van der Waals surface area contributed by atoms with Gasteiger partial charge in [0.15, 0.2) is 5.82 Å². The maximum absolute atomic E-state index is 12.3. The summed E-state index contributed by atoms with van der Waals surface area (Å²) < 4.78 is 14.6. The van der Waals surface area contributed by atoms with Crippen molar-refractivity contribution in [2.75, 3.05) is 37.0 Å². The van der Waals surface area contributed by atoms with Crippen molar-refractivity contribution in [3.63, 3.8) is 0 Å². The SMILES string of the molecule is Nc1ncnn2c(-c3cccc(N4CCCOC4=O)c3)cc(-c3ccnn3C3CCOCC3)c12. The van der Waals surface area contributed by atoms with Crippen LogP contribution in [0.4, 0.5) is 16.3 Å². The zero-order valence-electron chi connectivity index (χ0n) is 18.6. The summed E-state index contributed by atoms with van der Waals surface area (Å²) in [6.45, 7) is 2.53. The smallest absolute Gasteiger partial charge is 0.414 e. The maximum atomic E-state index is 12.3. The molecule has 1 amide bonds. The number of rotatable bonds is 4. The first-order valence-corrected chi connectivity index (χ1v) is 11.5. The Morgan fingerprint density at radius 1 is 1.03 bits per heavy atom. The molecular formula is C24H25N7O3. The predicted octanol–water partition coefficient (Wildman–Crippen LogP) is 3.54. The van der Waals surface area contributed by atoms with Gasteiger partial charge >= 0.3 is 6.09 Å². The van der Waals surface area contributed by atoms with Crippen LogP contribution < -0.4 is 10.6 Å². The fourth-order valence-electron chi connectivity index (χ4n) is 4.84. The van der Waals surface area contributed by atoms with E-state index in [1.54, 1.807) is 4.90 Å². The minimum Gasteiger partial charge on any atom is -0.449 e. The van der Waals surface area contributed by atoms with E-state index in [2.05, 4.69) is 25.9 Å². The molecule has 2 saturated heterocycles. The molecule has 0 atom stereocenters. The van der Waals surface area contributed by atoms with E-state index in [0.29, 0.717) is 19.0 Å². The number of nitrogen functional groups attached to an aromatic ring is 1. The Kier molecular flexibility index (Phi) is 5.14. The van der Waals surface area contributed by atoms with Crippen LogP contribution in [0.3, 0.4) is 0 Å². The van der Waals surface area contributed by atoms with Gasteiger partial charge in [-0.1, -0.05) is 12.1 Å². The Bertz CT molecular complexity index is 1360. The number of nitrogens with two attached hydrogens (primary N) is 1. The number of amides is 1. The van der Waals surface area contributed by atoms with Gasteiger partial charge in [0.05, 0.1) is 24.0 Å². The van der Waals surface area contributed by atoms with E-state index in [1.165, 1.54) is 6.33 Å². The highest BCUT2D eigenvalue weighted by molar-refractivity contribution is 5.92. The summed E-state index contributed by atoms with van der Waals surface area (Å²) in [5.74, 6) is 0.395. The number of hydrogen-bond acceptors (Lipinski definition) is 7. The number of nitrogens with zero attached hydrogens (tertiary/aromatic N) is 6. The molecule has 0 bridgehead atoms. The van der Waals surface area contributed by atoms with Crippen molar-refractivity contribution in [2.24, 2.45) is 0 Å². The Morgan fingerprint density at radius 2 is 1.91 bits per heavy atom. The van der Waals surface area contributed by atoms with Gasteiger partial charge in [-0.15, -0.1) is 0 Å². The molecule has 4 aromatic rings. The number of ether oxygens (including phenoxy) is 2. The standard InChI is InChI=1S/C24H25N7O3/c25-23-22-19(20-5-8-27-30(20)17-6-11-33-12-7-17)14-21(31(22)28-15-26-23)16-3-1-4-18(13-16)29-9-2-10-34-24(29)32/h1,3-5,8,13-15,17H,2,6-7,9-12H2,(H2,25,26,28). The fourth-order valence-corrected chi connectivity index (χ4v) is 4.84. The zero-order valence-corrected chi connectivity index (χ0v) is 18.6.